The van der Waals surface area contributed by atoms with Gasteiger partial charge in [-0.05, 0) is 54.7 Å². The Morgan fingerprint density at radius 1 is 1.40 bits per heavy atom. The van der Waals surface area contributed by atoms with E-state index in [1.165, 1.54) is 11.1 Å². The van der Waals surface area contributed by atoms with Crippen LogP contribution in [0.15, 0.2) is 30.6 Å². The number of allylic oxidation sites excluding steroid dienone is 1. The van der Waals surface area contributed by atoms with Crippen LogP contribution < -0.4 is 0 Å². The number of rotatable bonds is 3. The Bertz CT molecular complexity index is 657. The van der Waals surface area contributed by atoms with Gasteiger partial charge >= 0.3 is 5.97 Å². The molecule has 4 nitrogen and oxygen atoms in total. The lowest BCUT2D eigenvalue weighted by Gasteiger charge is -2.16. The van der Waals surface area contributed by atoms with Crippen molar-refractivity contribution in [2.75, 3.05) is 6.61 Å². The Balaban J connectivity index is 1.95. The van der Waals surface area contributed by atoms with Crippen LogP contribution in [-0.2, 0) is 11.2 Å². The third kappa shape index (κ3) is 2.37. The zero-order valence-electron chi connectivity index (χ0n) is 11.3. The summed E-state index contributed by atoms with van der Waals surface area (Å²) in [6.07, 6.45) is 7.59. The van der Waals surface area contributed by atoms with E-state index >= 15 is 0 Å². The molecule has 4 heteroatoms. The summed E-state index contributed by atoms with van der Waals surface area (Å²) in [5.74, 6) is 0.631. The topological polar surface area (TPSA) is 55.0 Å². The van der Waals surface area contributed by atoms with E-state index in [9.17, 15) is 4.79 Å². The number of aryl methyl sites for hydroxylation is 1. The molecule has 1 aliphatic rings. The van der Waals surface area contributed by atoms with Crippen molar-refractivity contribution in [3.05, 3.63) is 53.1 Å². The molecule has 2 aromatic rings. The molecule has 102 valence electrons. The summed E-state index contributed by atoms with van der Waals surface area (Å²) < 4.78 is 5.04. The summed E-state index contributed by atoms with van der Waals surface area (Å²) in [7, 11) is 0. The molecule has 0 radical (unpaired) electrons. The van der Waals surface area contributed by atoms with Crippen LogP contribution in [0.3, 0.4) is 0 Å². The number of nitrogens with one attached hydrogen (secondary N) is 1. The minimum Gasteiger partial charge on any atom is -0.462 e. The fraction of sp³-hybridized carbons (Fsp3) is 0.250. The van der Waals surface area contributed by atoms with Gasteiger partial charge in [-0.25, -0.2) is 9.78 Å². The Labute approximate surface area is 117 Å². The molecular formula is C16H16N2O2. The number of H-pyrrole nitrogens is 1. The van der Waals surface area contributed by atoms with Crippen LogP contribution in [-0.4, -0.2) is 22.5 Å². The van der Waals surface area contributed by atoms with Crippen molar-refractivity contribution in [2.24, 2.45) is 0 Å². The maximum atomic E-state index is 11.8. The molecule has 0 saturated heterocycles. The molecule has 3 rings (SSSR count). The number of carbonyl (C=O) groups is 1. The van der Waals surface area contributed by atoms with Crippen LogP contribution >= 0.6 is 0 Å². The lowest BCUT2D eigenvalue weighted by Crippen LogP contribution is -2.07. The van der Waals surface area contributed by atoms with Gasteiger partial charge in [0.25, 0.3) is 0 Å². The first kappa shape index (κ1) is 12.7. The van der Waals surface area contributed by atoms with Gasteiger partial charge in [-0.2, -0.15) is 0 Å². The van der Waals surface area contributed by atoms with Crippen molar-refractivity contribution in [1.29, 1.82) is 0 Å². The molecule has 0 atom stereocenters. The maximum Gasteiger partial charge on any atom is 0.338 e. The van der Waals surface area contributed by atoms with E-state index in [2.05, 4.69) is 16.0 Å². The lowest BCUT2D eigenvalue weighted by molar-refractivity contribution is 0.0526. The number of ether oxygens (including phenoxy) is 1. The summed E-state index contributed by atoms with van der Waals surface area (Å²) in [5.41, 5.74) is 4.10. The van der Waals surface area contributed by atoms with Crippen LogP contribution in [0.2, 0.25) is 0 Å². The second-order valence-electron chi connectivity index (χ2n) is 4.74. The Hall–Kier alpha value is -2.36. The Morgan fingerprint density at radius 3 is 3.05 bits per heavy atom. The number of imidazole rings is 1. The number of carbonyl (C=O) groups excluding carboxylic acids is 1. The van der Waals surface area contributed by atoms with Gasteiger partial charge in [-0.1, -0.05) is 6.07 Å². The first-order chi connectivity index (χ1) is 9.78. The number of hydrogen-bond donors (Lipinski definition) is 1. The fourth-order valence-corrected chi connectivity index (χ4v) is 2.46. The zero-order chi connectivity index (χ0) is 13.9. The highest BCUT2D eigenvalue weighted by atomic mass is 16.5. The largest absolute Gasteiger partial charge is 0.462 e. The molecule has 0 saturated carbocycles. The number of benzene rings is 1. The minimum absolute atomic E-state index is 0.270. The van der Waals surface area contributed by atoms with Gasteiger partial charge in [0.2, 0.25) is 0 Å². The van der Waals surface area contributed by atoms with Gasteiger partial charge in [-0.3, -0.25) is 0 Å². The van der Waals surface area contributed by atoms with Crippen LogP contribution in [0, 0.1) is 0 Å². The Morgan fingerprint density at radius 2 is 2.30 bits per heavy atom. The average molecular weight is 268 g/mol. The first-order valence-electron chi connectivity index (χ1n) is 6.78. The highest BCUT2D eigenvalue weighted by Crippen LogP contribution is 2.29. The molecule has 0 aliphatic heterocycles. The van der Waals surface area contributed by atoms with Crippen LogP contribution in [0.25, 0.3) is 11.6 Å². The molecule has 1 heterocycles. The number of esters is 1. The summed E-state index contributed by atoms with van der Waals surface area (Å²) >= 11 is 0. The van der Waals surface area contributed by atoms with Crippen LogP contribution in [0.1, 0.15) is 40.7 Å². The van der Waals surface area contributed by atoms with Gasteiger partial charge in [0.15, 0.2) is 0 Å². The third-order valence-corrected chi connectivity index (χ3v) is 3.45. The van der Waals surface area contributed by atoms with Crippen molar-refractivity contribution in [3.8, 4) is 0 Å². The zero-order valence-corrected chi connectivity index (χ0v) is 11.3. The van der Waals surface area contributed by atoms with Crippen molar-refractivity contribution in [2.45, 2.75) is 19.8 Å². The van der Waals surface area contributed by atoms with Gasteiger partial charge in [0.1, 0.15) is 5.82 Å². The third-order valence-electron chi connectivity index (χ3n) is 3.45. The first-order valence-corrected chi connectivity index (χ1v) is 6.78. The lowest BCUT2D eigenvalue weighted by atomic mass is 9.90. The van der Waals surface area contributed by atoms with Gasteiger partial charge in [0.05, 0.1) is 12.2 Å². The van der Waals surface area contributed by atoms with E-state index in [4.69, 9.17) is 4.74 Å². The van der Waals surface area contributed by atoms with Crippen molar-refractivity contribution in [1.82, 2.24) is 9.97 Å². The quantitative estimate of drug-likeness (QED) is 0.870. The van der Waals surface area contributed by atoms with E-state index in [0.717, 1.165) is 24.2 Å². The van der Waals surface area contributed by atoms with Crippen LogP contribution in [0.4, 0.5) is 0 Å². The number of hydrogen-bond acceptors (Lipinski definition) is 3. The van der Waals surface area contributed by atoms with Crippen molar-refractivity contribution >= 4 is 17.6 Å². The molecule has 0 amide bonds. The molecule has 20 heavy (non-hydrogen) atoms. The van der Waals surface area contributed by atoms with Gasteiger partial charge in [-0.15, -0.1) is 0 Å². The summed E-state index contributed by atoms with van der Waals surface area (Å²) in [4.78, 5) is 19.2. The molecular weight excluding hydrogens is 252 g/mol. The number of nitrogens with zero attached hydrogens (tertiary/aromatic N) is 1. The standard InChI is InChI=1S/C16H16N2O2/c1-2-20-16(19)13-6-4-11-3-5-12(9-14(11)10-13)15-17-7-8-18-15/h4,6-10H,2-3,5H2,1H3,(H,17,18). The molecule has 0 unspecified atom stereocenters. The SMILES string of the molecule is CCOC(=O)c1ccc2c(c1)C=C(c1ncc[nH]1)CC2. The van der Waals surface area contributed by atoms with E-state index in [-0.39, 0.29) is 5.97 Å². The summed E-state index contributed by atoms with van der Waals surface area (Å²) in [6.45, 7) is 2.20. The van der Waals surface area contributed by atoms with Gasteiger partial charge < -0.3 is 9.72 Å². The van der Waals surface area contributed by atoms with Gasteiger partial charge in [0, 0.05) is 12.4 Å². The predicted molar refractivity (Wildman–Crippen MR) is 77.2 cm³/mol. The van der Waals surface area contributed by atoms with Crippen LogP contribution in [0.5, 0.6) is 0 Å². The summed E-state index contributed by atoms with van der Waals surface area (Å²) in [5, 5.41) is 0. The van der Waals surface area contributed by atoms with E-state index < -0.39 is 0 Å². The second kappa shape index (κ2) is 5.33. The van der Waals surface area contributed by atoms with E-state index in [1.807, 2.05) is 31.3 Å². The second-order valence-corrected chi connectivity index (χ2v) is 4.74. The molecule has 1 aromatic heterocycles. The normalized spacial score (nSPS) is 13.6. The fourth-order valence-electron chi connectivity index (χ4n) is 2.46. The average Bonchev–Trinajstić information content (AvgIpc) is 3.00. The smallest absolute Gasteiger partial charge is 0.338 e. The molecule has 0 spiro atoms. The van der Waals surface area contributed by atoms with E-state index in [1.54, 1.807) is 6.20 Å². The molecule has 1 N–H and O–H groups in total. The molecule has 1 aromatic carbocycles. The van der Waals surface area contributed by atoms with Crippen molar-refractivity contribution < 1.29 is 9.53 Å². The monoisotopic (exact) mass is 268 g/mol. The number of aromatic nitrogens is 2. The maximum absolute atomic E-state index is 11.8. The van der Waals surface area contributed by atoms with E-state index in [0.29, 0.717) is 12.2 Å². The molecule has 0 fully saturated rings. The number of aromatic amines is 1. The van der Waals surface area contributed by atoms with Crippen molar-refractivity contribution in [3.63, 3.8) is 0 Å². The number of fused-ring (bicyclic) bond motifs is 1. The molecule has 1 aliphatic carbocycles. The Kier molecular flexibility index (Phi) is 3.37. The highest BCUT2D eigenvalue weighted by molar-refractivity contribution is 5.91. The minimum atomic E-state index is -0.270. The predicted octanol–water partition coefficient (Wildman–Crippen LogP) is 3.07. The highest BCUT2D eigenvalue weighted by Gasteiger charge is 2.15. The molecule has 0 bridgehead atoms. The summed E-state index contributed by atoms with van der Waals surface area (Å²) in [6, 6.07) is 5.75.